The van der Waals surface area contributed by atoms with Gasteiger partial charge in [-0.2, -0.15) is 0 Å². The molecular weight excluding hydrogens is 179 g/mol. The van der Waals surface area contributed by atoms with E-state index in [0.717, 1.165) is 0 Å². The Kier molecular flexibility index (Phi) is 7.53. The first-order chi connectivity index (χ1) is 6.24. The fourth-order valence-electron chi connectivity index (χ4n) is 0.861. The molecule has 5 heteroatoms. The molecule has 0 rings (SSSR count). The van der Waals surface area contributed by atoms with Gasteiger partial charge in [-0.1, -0.05) is 0 Å². The van der Waals surface area contributed by atoms with E-state index in [0.29, 0.717) is 19.6 Å². The second-order valence-corrected chi connectivity index (χ2v) is 2.33. The lowest BCUT2D eigenvalue weighted by molar-refractivity contribution is -0.188. The second kappa shape index (κ2) is 7.94. The Morgan fingerprint density at radius 3 is 2.23 bits per heavy atom. The maximum Gasteiger partial charge on any atom is 0.349 e. The molecule has 4 nitrogen and oxygen atoms in total. The summed E-state index contributed by atoms with van der Waals surface area (Å²) in [5.74, 6) is -0.899. The molecule has 0 fully saturated rings. The van der Waals surface area contributed by atoms with Gasteiger partial charge in [0.25, 0.3) is 0 Å². The van der Waals surface area contributed by atoms with Gasteiger partial charge in [-0.3, -0.25) is 4.94 Å². The molecule has 0 amide bonds. The first kappa shape index (κ1) is 12.3. The zero-order valence-corrected chi connectivity index (χ0v) is 7.92. The van der Waals surface area contributed by atoms with Crippen LogP contribution in [-0.2, 0) is 19.2 Å². The van der Waals surface area contributed by atoms with Crippen molar-refractivity contribution in [1.82, 2.24) is 0 Å². The number of ether oxygens (including phenoxy) is 2. The fraction of sp³-hybridized carbons (Fsp3) is 0.875. The predicted molar refractivity (Wildman–Crippen MR) is 43.5 cm³/mol. The lowest BCUT2D eigenvalue weighted by atomic mass is 10.3. The third-order valence-electron chi connectivity index (χ3n) is 1.38. The molecule has 0 N–H and O–H groups in total. The van der Waals surface area contributed by atoms with Gasteiger partial charge in [-0.05, 0) is 13.8 Å². The van der Waals surface area contributed by atoms with Crippen LogP contribution in [0.4, 0.5) is 4.53 Å². The summed E-state index contributed by atoms with van der Waals surface area (Å²) >= 11 is 0. The maximum atomic E-state index is 11.3. The Morgan fingerprint density at radius 2 is 1.85 bits per heavy atom. The molecule has 0 aromatic rings. The van der Waals surface area contributed by atoms with Gasteiger partial charge in [0, 0.05) is 24.2 Å². The Morgan fingerprint density at radius 1 is 1.31 bits per heavy atom. The fourth-order valence-corrected chi connectivity index (χ4v) is 0.861. The highest BCUT2D eigenvalue weighted by Gasteiger charge is 2.11. The van der Waals surface area contributed by atoms with Crippen molar-refractivity contribution in [3.8, 4) is 0 Å². The van der Waals surface area contributed by atoms with Crippen molar-refractivity contribution in [2.75, 3.05) is 13.2 Å². The van der Waals surface area contributed by atoms with Crippen LogP contribution in [0.5, 0.6) is 0 Å². The minimum absolute atomic E-state index is 0.0405. The normalized spacial score (nSPS) is 10.5. The van der Waals surface area contributed by atoms with Gasteiger partial charge in [0.05, 0.1) is 6.42 Å². The Balaban J connectivity index is 3.61. The second-order valence-electron chi connectivity index (χ2n) is 2.33. The molecular formula is C8H15FO4. The van der Waals surface area contributed by atoms with Crippen LogP contribution in [0.2, 0.25) is 0 Å². The average Bonchev–Trinajstić information content (AvgIpc) is 2.14. The maximum absolute atomic E-state index is 11.3. The Labute approximate surface area is 76.9 Å². The van der Waals surface area contributed by atoms with Crippen LogP contribution in [0.3, 0.4) is 0 Å². The van der Waals surface area contributed by atoms with E-state index in [4.69, 9.17) is 9.47 Å². The molecule has 0 spiro atoms. The molecule has 0 saturated carbocycles. The number of hydrogen-bond donors (Lipinski definition) is 0. The molecule has 0 bridgehead atoms. The van der Waals surface area contributed by atoms with Crippen molar-refractivity contribution in [2.24, 2.45) is 0 Å². The van der Waals surface area contributed by atoms with Crippen molar-refractivity contribution in [1.29, 1.82) is 0 Å². The van der Waals surface area contributed by atoms with Crippen LogP contribution in [0.1, 0.15) is 26.7 Å². The molecule has 0 atom stereocenters. The first-order valence-electron chi connectivity index (χ1n) is 4.29. The van der Waals surface area contributed by atoms with Gasteiger partial charge in [0.15, 0.2) is 6.29 Å². The highest BCUT2D eigenvalue weighted by atomic mass is 19.3. The zero-order valence-electron chi connectivity index (χ0n) is 7.92. The highest BCUT2D eigenvalue weighted by molar-refractivity contribution is 5.68. The van der Waals surface area contributed by atoms with E-state index in [1.54, 1.807) is 0 Å². The van der Waals surface area contributed by atoms with E-state index >= 15 is 0 Å². The molecule has 0 aromatic heterocycles. The van der Waals surface area contributed by atoms with Crippen LogP contribution in [-0.4, -0.2) is 25.5 Å². The average molecular weight is 194 g/mol. The molecule has 0 aliphatic heterocycles. The number of rotatable bonds is 7. The summed E-state index contributed by atoms with van der Waals surface area (Å²) in [4.78, 5) is 13.4. The van der Waals surface area contributed by atoms with E-state index in [2.05, 4.69) is 4.94 Å². The summed E-state index contributed by atoms with van der Waals surface area (Å²) in [6.07, 6.45) is -0.180. The summed E-state index contributed by atoms with van der Waals surface area (Å²) in [5.41, 5.74) is 0. The van der Waals surface area contributed by atoms with Gasteiger partial charge in [0.1, 0.15) is 0 Å². The molecule has 0 radical (unpaired) electrons. The summed E-state index contributed by atoms with van der Waals surface area (Å²) < 4.78 is 21.5. The van der Waals surface area contributed by atoms with Crippen LogP contribution in [0.25, 0.3) is 0 Å². The van der Waals surface area contributed by atoms with Crippen molar-refractivity contribution in [3.05, 3.63) is 0 Å². The highest BCUT2D eigenvalue weighted by Crippen LogP contribution is 2.05. The lowest BCUT2D eigenvalue weighted by Crippen LogP contribution is -2.18. The van der Waals surface area contributed by atoms with E-state index in [1.165, 1.54) is 0 Å². The zero-order chi connectivity index (χ0) is 10.1. The molecule has 0 saturated heterocycles. The lowest BCUT2D eigenvalue weighted by Gasteiger charge is -2.15. The summed E-state index contributed by atoms with van der Waals surface area (Å²) in [7, 11) is 0. The molecule has 0 aliphatic rings. The van der Waals surface area contributed by atoms with Crippen LogP contribution < -0.4 is 0 Å². The molecule has 13 heavy (non-hydrogen) atoms. The summed E-state index contributed by atoms with van der Waals surface area (Å²) in [6.45, 7) is 4.63. The minimum Gasteiger partial charge on any atom is -0.353 e. The number of carbonyl (C=O) groups excluding carboxylic acids is 1. The first-order valence-corrected chi connectivity index (χ1v) is 4.29. The third-order valence-corrected chi connectivity index (χ3v) is 1.38. The molecule has 0 aliphatic carbocycles. The SMILES string of the molecule is CCOC(CCC(=O)OF)OCC. The molecule has 0 heterocycles. The predicted octanol–water partition coefficient (Wildman–Crippen LogP) is 1.59. The monoisotopic (exact) mass is 194 g/mol. The quantitative estimate of drug-likeness (QED) is 0.577. The molecule has 78 valence electrons. The van der Waals surface area contributed by atoms with Crippen LogP contribution in [0, 0.1) is 0 Å². The van der Waals surface area contributed by atoms with Crippen molar-refractivity contribution >= 4 is 5.97 Å². The van der Waals surface area contributed by atoms with Gasteiger partial charge in [0.2, 0.25) is 0 Å². The standard InChI is InChI=1S/C8H15FO4/c1-3-11-8(12-4-2)6-5-7(10)13-9/h8H,3-6H2,1-2H3. The summed E-state index contributed by atoms with van der Waals surface area (Å²) in [5, 5.41) is 0. The smallest absolute Gasteiger partial charge is 0.349 e. The van der Waals surface area contributed by atoms with Gasteiger partial charge >= 0.3 is 5.97 Å². The van der Waals surface area contributed by atoms with Crippen LogP contribution in [0.15, 0.2) is 0 Å². The molecule has 0 aromatic carbocycles. The Bertz CT molecular complexity index is 134. The minimum atomic E-state index is -0.899. The van der Waals surface area contributed by atoms with Gasteiger partial charge in [-0.15, -0.1) is 0 Å². The van der Waals surface area contributed by atoms with Crippen LogP contribution >= 0.6 is 0 Å². The largest absolute Gasteiger partial charge is 0.353 e. The summed E-state index contributed by atoms with van der Waals surface area (Å²) in [6, 6.07) is 0. The van der Waals surface area contributed by atoms with Crippen molar-refractivity contribution in [2.45, 2.75) is 33.0 Å². The Hall–Kier alpha value is -0.680. The van der Waals surface area contributed by atoms with Gasteiger partial charge < -0.3 is 9.47 Å². The third kappa shape index (κ3) is 6.48. The number of halogens is 1. The van der Waals surface area contributed by atoms with Gasteiger partial charge in [-0.25, -0.2) is 4.79 Å². The van der Waals surface area contributed by atoms with E-state index in [9.17, 15) is 9.32 Å². The van der Waals surface area contributed by atoms with Crippen molar-refractivity contribution < 1.29 is 23.7 Å². The van der Waals surface area contributed by atoms with E-state index < -0.39 is 12.3 Å². The molecule has 0 unspecified atom stereocenters. The van der Waals surface area contributed by atoms with E-state index in [-0.39, 0.29) is 6.42 Å². The number of carbonyl (C=O) groups is 1. The van der Waals surface area contributed by atoms with Crippen molar-refractivity contribution in [3.63, 3.8) is 0 Å². The topological polar surface area (TPSA) is 44.8 Å². The van der Waals surface area contributed by atoms with E-state index in [1.807, 2.05) is 13.8 Å². The number of hydrogen-bond acceptors (Lipinski definition) is 4.